The summed E-state index contributed by atoms with van der Waals surface area (Å²) in [6, 6.07) is 16.9. The number of carbonyl (C=O) groups excluding carboxylic acids is 3. The van der Waals surface area contributed by atoms with Crippen molar-refractivity contribution < 1.29 is 23.9 Å². The molecule has 0 spiro atoms. The topological polar surface area (TPSA) is 93.7 Å². The molecule has 0 aliphatic rings. The molecule has 31 heavy (non-hydrogen) atoms. The Balaban J connectivity index is 2.06. The second kappa shape index (κ2) is 13.1. The van der Waals surface area contributed by atoms with Crippen LogP contribution in [0.2, 0.25) is 0 Å². The van der Waals surface area contributed by atoms with Crippen LogP contribution < -0.4 is 10.6 Å². The number of carbonyl (C=O) groups is 3. The van der Waals surface area contributed by atoms with E-state index in [0.29, 0.717) is 6.42 Å². The molecule has 2 N–H and O–H groups in total. The van der Waals surface area contributed by atoms with Crippen LogP contribution in [0.3, 0.4) is 0 Å². The first kappa shape index (κ1) is 23.9. The lowest BCUT2D eigenvalue weighted by molar-refractivity contribution is -0.145. The Morgan fingerprint density at radius 3 is 2.06 bits per heavy atom. The van der Waals surface area contributed by atoms with Crippen LogP contribution in [0.1, 0.15) is 37.3 Å². The van der Waals surface area contributed by atoms with Crippen molar-refractivity contribution in [2.75, 3.05) is 7.11 Å². The molecule has 0 radical (unpaired) electrons. The predicted molar refractivity (Wildman–Crippen MR) is 117 cm³/mol. The molecule has 0 saturated heterocycles. The molecule has 2 amide bonds. The van der Waals surface area contributed by atoms with Gasteiger partial charge in [0.2, 0.25) is 5.91 Å². The van der Waals surface area contributed by atoms with Crippen LogP contribution in [0.5, 0.6) is 0 Å². The smallest absolute Gasteiger partial charge is 0.408 e. The molecule has 0 saturated carbocycles. The zero-order valence-corrected chi connectivity index (χ0v) is 18.0. The van der Waals surface area contributed by atoms with Crippen molar-refractivity contribution in [3.8, 4) is 0 Å². The van der Waals surface area contributed by atoms with Crippen LogP contribution >= 0.6 is 0 Å². The summed E-state index contributed by atoms with van der Waals surface area (Å²) in [4.78, 5) is 37.4. The molecule has 0 aromatic heterocycles. The molecule has 2 atom stereocenters. The summed E-state index contributed by atoms with van der Waals surface area (Å²) in [5.41, 5.74) is 1.71. The number of amides is 2. The van der Waals surface area contributed by atoms with Gasteiger partial charge in [-0.3, -0.25) is 4.79 Å². The summed E-state index contributed by atoms with van der Waals surface area (Å²) in [6.07, 6.45) is 1.65. The maximum Gasteiger partial charge on any atom is 0.408 e. The third-order valence-electron chi connectivity index (χ3n) is 4.75. The Bertz CT molecular complexity index is 826. The van der Waals surface area contributed by atoms with Crippen LogP contribution in [-0.4, -0.2) is 37.2 Å². The SMILES string of the molecule is CCCC[C@@H](NC(=O)[C@H](Cc1ccccc1)NC(=O)OCc1ccccc1)C(=O)OC. The minimum atomic E-state index is -0.903. The second-order valence-corrected chi connectivity index (χ2v) is 7.17. The maximum atomic E-state index is 13.0. The van der Waals surface area contributed by atoms with E-state index >= 15 is 0 Å². The van der Waals surface area contributed by atoms with Gasteiger partial charge in [0.05, 0.1) is 7.11 Å². The molecular weight excluding hydrogens is 396 g/mol. The molecule has 2 rings (SSSR count). The van der Waals surface area contributed by atoms with Gasteiger partial charge < -0.3 is 20.1 Å². The third kappa shape index (κ3) is 8.50. The molecule has 7 heteroatoms. The highest BCUT2D eigenvalue weighted by atomic mass is 16.5. The van der Waals surface area contributed by atoms with Gasteiger partial charge in [-0.25, -0.2) is 9.59 Å². The first-order valence-corrected chi connectivity index (χ1v) is 10.4. The molecule has 7 nitrogen and oxygen atoms in total. The number of methoxy groups -OCH3 is 1. The van der Waals surface area contributed by atoms with Crippen molar-refractivity contribution in [2.45, 2.75) is 51.3 Å². The zero-order chi connectivity index (χ0) is 22.5. The fraction of sp³-hybridized carbons (Fsp3) is 0.375. The van der Waals surface area contributed by atoms with Gasteiger partial charge in [-0.05, 0) is 17.5 Å². The van der Waals surface area contributed by atoms with E-state index in [9.17, 15) is 14.4 Å². The summed E-state index contributed by atoms with van der Waals surface area (Å²) >= 11 is 0. The van der Waals surface area contributed by atoms with Gasteiger partial charge in [-0.1, -0.05) is 80.4 Å². The normalized spacial score (nSPS) is 12.3. The van der Waals surface area contributed by atoms with Crippen molar-refractivity contribution in [2.24, 2.45) is 0 Å². The Morgan fingerprint density at radius 1 is 0.871 bits per heavy atom. The van der Waals surface area contributed by atoms with Gasteiger partial charge in [-0.2, -0.15) is 0 Å². The van der Waals surface area contributed by atoms with E-state index in [1.165, 1.54) is 7.11 Å². The minimum absolute atomic E-state index is 0.0909. The molecule has 2 aromatic rings. The Labute approximate surface area is 183 Å². The number of hydrogen-bond donors (Lipinski definition) is 2. The Kier molecular flexibility index (Phi) is 10.1. The van der Waals surface area contributed by atoms with E-state index in [1.807, 2.05) is 67.6 Å². The van der Waals surface area contributed by atoms with Crippen molar-refractivity contribution in [1.82, 2.24) is 10.6 Å². The lowest BCUT2D eigenvalue weighted by Crippen LogP contribution is -2.52. The van der Waals surface area contributed by atoms with Gasteiger partial charge in [-0.15, -0.1) is 0 Å². The average Bonchev–Trinajstić information content (AvgIpc) is 2.80. The van der Waals surface area contributed by atoms with Gasteiger partial charge in [0, 0.05) is 6.42 Å². The highest BCUT2D eigenvalue weighted by molar-refractivity contribution is 5.89. The van der Waals surface area contributed by atoms with Crippen LogP contribution in [-0.2, 0) is 32.1 Å². The lowest BCUT2D eigenvalue weighted by atomic mass is 10.0. The number of alkyl carbamates (subject to hydrolysis) is 1. The quantitative estimate of drug-likeness (QED) is 0.538. The molecule has 0 aliphatic carbocycles. The monoisotopic (exact) mass is 426 g/mol. The van der Waals surface area contributed by atoms with Gasteiger partial charge in [0.15, 0.2) is 0 Å². The van der Waals surface area contributed by atoms with E-state index in [1.54, 1.807) is 0 Å². The number of hydrogen-bond acceptors (Lipinski definition) is 5. The summed E-state index contributed by atoms with van der Waals surface area (Å²) in [5, 5.41) is 5.35. The van der Waals surface area contributed by atoms with Crippen LogP contribution in [0.15, 0.2) is 60.7 Å². The fourth-order valence-electron chi connectivity index (χ4n) is 3.04. The predicted octanol–water partition coefficient (Wildman–Crippen LogP) is 3.37. The third-order valence-corrected chi connectivity index (χ3v) is 4.75. The van der Waals surface area contributed by atoms with Crippen molar-refractivity contribution >= 4 is 18.0 Å². The van der Waals surface area contributed by atoms with Crippen LogP contribution in [0, 0.1) is 0 Å². The van der Waals surface area contributed by atoms with Gasteiger partial charge in [0.1, 0.15) is 18.7 Å². The molecule has 0 fully saturated rings. The summed E-state index contributed by atoms with van der Waals surface area (Å²) in [6.45, 7) is 2.09. The molecular formula is C24H30N2O5. The molecule has 0 bridgehead atoms. The summed E-state index contributed by atoms with van der Waals surface area (Å²) in [5.74, 6) is -0.973. The zero-order valence-electron chi connectivity index (χ0n) is 18.0. The highest BCUT2D eigenvalue weighted by Gasteiger charge is 2.27. The van der Waals surface area contributed by atoms with E-state index in [2.05, 4.69) is 10.6 Å². The molecule has 166 valence electrons. The highest BCUT2D eigenvalue weighted by Crippen LogP contribution is 2.08. The number of esters is 1. The van der Waals surface area contributed by atoms with E-state index < -0.39 is 30.1 Å². The van der Waals surface area contributed by atoms with Crippen molar-refractivity contribution in [1.29, 1.82) is 0 Å². The minimum Gasteiger partial charge on any atom is -0.467 e. The Morgan fingerprint density at radius 2 is 1.48 bits per heavy atom. The van der Waals surface area contributed by atoms with Gasteiger partial charge in [0.25, 0.3) is 0 Å². The van der Waals surface area contributed by atoms with Crippen molar-refractivity contribution in [3.05, 3.63) is 71.8 Å². The second-order valence-electron chi connectivity index (χ2n) is 7.17. The first-order chi connectivity index (χ1) is 15.0. The molecule has 0 heterocycles. The van der Waals surface area contributed by atoms with E-state index in [-0.39, 0.29) is 13.0 Å². The number of ether oxygens (including phenoxy) is 2. The number of nitrogens with one attached hydrogen (secondary N) is 2. The standard InChI is InChI=1S/C24H30N2O5/c1-3-4-15-20(23(28)30-2)25-22(27)21(16-18-11-7-5-8-12-18)26-24(29)31-17-19-13-9-6-10-14-19/h5-14,20-21H,3-4,15-17H2,1-2H3,(H,25,27)(H,26,29)/t20-,21+/m1/s1. The van der Waals surface area contributed by atoms with Crippen LogP contribution in [0.25, 0.3) is 0 Å². The maximum absolute atomic E-state index is 13.0. The summed E-state index contributed by atoms with van der Waals surface area (Å²) < 4.78 is 10.1. The largest absolute Gasteiger partial charge is 0.467 e. The molecule has 2 aromatic carbocycles. The van der Waals surface area contributed by atoms with E-state index in [0.717, 1.165) is 24.0 Å². The number of rotatable bonds is 11. The van der Waals surface area contributed by atoms with Gasteiger partial charge >= 0.3 is 12.1 Å². The number of unbranched alkanes of at least 4 members (excludes halogenated alkanes) is 1. The lowest BCUT2D eigenvalue weighted by Gasteiger charge is -2.22. The van der Waals surface area contributed by atoms with E-state index in [4.69, 9.17) is 9.47 Å². The fourth-order valence-corrected chi connectivity index (χ4v) is 3.04. The molecule has 0 aliphatic heterocycles. The first-order valence-electron chi connectivity index (χ1n) is 10.4. The van der Waals surface area contributed by atoms with Crippen molar-refractivity contribution in [3.63, 3.8) is 0 Å². The number of benzene rings is 2. The summed E-state index contributed by atoms with van der Waals surface area (Å²) in [7, 11) is 1.29. The average molecular weight is 427 g/mol. The Hall–Kier alpha value is -3.35. The van der Waals surface area contributed by atoms with Crippen LogP contribution in [0.4, 0.5) is 4.79 Å². The molecule has 0 unspecified atom stereocenters.